The van der Waals surface area contributed by atoms with E-state index in [0.29, 0.717) is 5.69 Å². The lowest BCUT2D eigenvalue weighted by atomic mass is 10.3. The summed E-state index contributed by atoms with van der Waals surface area (Å²) in [6.07, 6.45) is 0. The molecule has 2 aromatic heterocycles. The van der Waals surface area contributed by atoms with Crippen molar-refractivity contribution < 1.29 is 12.8 Å². The zero-order valence-corrected chi connectivity index (χ0v) is 12.3. The molecule has 2 N–H and O–H groups in total. The third-order valence-electron chi connectivity index (χ3n) is 2.29. The number of anilines is 1. The van der Waals surface area contributed by atoms with E-state index in [1.807, 2.05) is 0 Å². The fourth-order valence-corrected chi connectivity index (χ4v) is 3.34. The number of nitrogens with zero attached hydrogens (tertiary/aromatic N) is 2. The Morgan fingerprint density at radius 2 is 2.16 bits per heavy atom. The number of sulfone groups is 1. The van der Waals surface area contributed by atoms with E-state index in [2.05, 4.69) is 9.97 Å². The first-order chi connectivity index (χ1) is 8.40. The summed E-state index contributed by atoms with van der Waals surface area (Å²) in [4.78, 5) is 7.57. The second-order valence-corrected chi connectivity index (χ2v) is 6.31. The Hall–Kier alpha value is -1.25. The van der Waals surface area contributed by atoms with Gasteiger partial charge in [-0.05, 0) is 6.92 Å². The minimum atomic E-state index is -3.85. The van der Waals surface area contributed by atoms with Gasteiger partial charge in [0.1, 0.15) is 0 Å². The Morgan fingerprint density at radius 1 is 1.47 bits per heavy atom. The molecule has 0 atom stereocenters. The van der Waals surface area contributed by atoms with E-state index in [9.17, 15) is 12.8 Å². The van der Waals surface area contributed by atoms with Gasteiger partial charge in [-0.3, -0.25) is 0 Å². The Labute approximate surface area is 120 Å². The topological polar surface area (TPSA) is 85.9 Å². The zero-order chi connectivity index (χ0) is 13.3. The van der Waals surface area contributed by atoms with Crippen LogP contribution in [0.2, 0.25) is 0 Å². The summed E-state index contributed by atoms with van der Waals surface area (Å²) in [6, 6.07) is 0.969. The molecule has 2 heterocycles. The standard InChI is InChI=1S/C10H10FN3O2S2.ClH/c1-6-9(12)2-8(11)10(14-6)18(15,16)4-7-3-17-5-13-7;/h2-3,5H,4,12H2,1H3;1H. The van der Waals surface area contributed by atoms with Crippen molar-refractivity contribution in [2.45, 2.75) is 17.7 Å². The van der Waals surface area contributed by atoms with Crippen LogP contribution in [0.4, 0.5) is 10.1 Å². The van der Waals surface area contributed by atoms with Crippen LogP contribution in [-0.2, 0) is 15.6 Å². The van der Waals surface area contributed by atoms with Crippen LogP contribution >= 0.6 is 23.7 Å². The number of halogens is 2. The normalized spacial score (nSPS) is 11.1. The molecule has 0 spiro atoms. The first-order valence-electron chi connectivity index (χ1n) is 4.92. The van der Waals surface area contributed by atoms with Gasteiger partial charge in [-0.1, -0.05) is 0 Å². The lowest BCUT2D eigenvalue weighted by molar-refractivity contribution is 0.552. The number of nitrogens with two attached hydrogens (primary N) is 1. The molecule has 19 heavy (non-hydrogen) atoms. The Bertz CT molecular complexity index is 674. The maximum absolute atomic E-state index is 13.6. The maximum atomic E-state index is 13.6. The molecule has 0 aliphatic heterocycles. The Kier molecular flexibility index (Phi) is 4.83. The number of hydrogen-bond donors (Lipinski definition) is 1. The fourth-order valence-electron chi connectivity index (χ4n) is 1.36. The van der Waals surface area contributed by atoms with Crippen molar-refractivity contribution in [2.24, 2.45) is 0 Å². The van der Waals surface area contributed by atoms with Gasteiger partial charge in [0.05, 0.1) is 28.3 Å². The molecular weight excluding hydrogens is 313 g/mol. The van der Waals surface area contributed by atoms with E-state index in [1.165, 1.54) is 23.8 Å². The van der Waals surface area contributed by atoms with Crippen LogP contribution in [0.25, 0.3) is 0 Å². The highest BCUT2D eigenvalue weighted by Crippen LogP contribution is 2.21. The summed E-state index contributed by atoms with van der Waals surface area (Å²) in [5.74, 6) is -1.31. The van der Waals surface area contributed by atoms with Crippen LogP contribution in [-0.4, -0.2) is 18.4 Å². The summed E-state index contributed by atoms with van der Waals surface area (Å²) in [6.45, 7) is 1.52. The van der Waals surface area contributed by atoms with Crippen LogP contribution in [0.3, 0.4) is 0 Å². The quantitative estimate of drug-likeness (QED) is 0.933. The SMILES string of the molecule is Cc1nc(S(=O)(=O)Cc2cscn2)c(F)cc1N.Cl. The second-order valence-electron chi connectivity index (χ2n) is 3.69. The molecular formula is C10H11ClFN3O2S2. The van der Waals surface area contributed by atoms with Gasteiger partial charge < -0.3 is 5.73 Å². The third-order valence-corrected chi connectivity index (χ3v) is 4.48. The molecule has 0 aliphatic rings. The van der Waals surface area contributed by atoms with E-state index < -0.39 is 20.7 Å². The molecule has 0 aromatic carbocycles. The number of hydrogen-bond acceptors (Lipinski definition) is 6. The van der Waals surface area contributed by atoms with Gasteiger partial charge in [0.2, 0.25) is 9.84 Å². The molecule has 0 fully saturated rings. The van der Waals surface area contributed by atoms with Crippen LogP contribution in [0, 0.1) is 12.7 Å². The summed E-state index contributed by atoms with van der Waals surface area (Å²) in [7, 11) is -3.85. The molecule has 0 saturated heterocycles. The Morgan fingerprint density at radius 3 is 2.74 bits per heavy atom. The second kappa shape index (κ2) is 5.81. The molecule has 9 heteroatoms. The van der Waals surface area contributed by atoms with Crippen LogP contribution in [0.15, 0.2) is 22.0 Å². The van der Waals surface area contributed by atoms with Crippen LogP contribution in [0.1, 0.15) is 11.4 Å². The molecule has 104 valence electrons. The molecule has 0 radical (unpaired) electrons. The predicted octanol–water partition coefficient (Wildman–Crippen LogP) is 1.96. The molecule has 0 amide bonds. The highest BCUT2D eigenvalue weighted by atomic mass is 35.5. The van der Waals surface area contributed by atoms with Crippen molar-refractivity contribution in [1.82, 2.24) is 9.97 Å². The van der Waals surface area contributed by atoms with E-state index >= 15 is 0 Å². The van der Waals surface area contributed by atoms with Crippen molar-refractivity contribution in [2.75, 3.05) is 5.73 Å². The average Bonchev–Trinajstić information content (AvgIpc) is 2.75. The van der Waals surface area contributed by atoms with Gasteiger partial charge >= 0.3 is 0 Å². The van der Waals surface area contributed by atoms with Gasteiger partial charge in [0.15, 0.2) is 10.8 Å². The van der Waals surface area contributed by atoms with Gasteiger partial charge in [-0.25, -0.2) is 22.8 Å². The van der Waals surface area contributed by atoms with E-state index in [-0.39, 0.29) is 29.5 Å². The highest BCUT2D eigenvalue weighted by molar-refractivity contribution is 7.90. The Balaban J connectivity index is 0.00000180. The van der Waals surface area contributed by atoms with E-state index in [1.54, 1.807) is 5.38 Å². The minimum Gasteiger partial charge on any atom is -0.397 e. The number of pyridine rings is 1. The van der Waals surface area contributed by atoms with Crippen LogP contribution in [0.5, 0.6) is 0 Å². The highest BCUT2D eigenvalue weighted by Gasteiger charge is 2.23. The third kappa shape index (κ3) is 3.40. The summed E-state index contributed by atoms with van der Waals surface area (Å²) in [5.41, 5.74) is 7.76. The lowest BCUT2D eigenvalue weighted by Gasteiger charge is -2.06. The molecule has 5 nitrogen and oxygen atoms in total. The number of aromatic nitrogens is 2. The number of nitrogen functional groups attached to an aromatic ring is 1. The number of aryl methyl sites for hydroxylation is 1. The van der Waals surface area contributed by atoms with Crippen molar-refractivity contribution in [3.63, 3.8) is 0 Å². The van der Waals surface area contributed by atoms with Crippen molar-refractivity contribution >= 4 is 39.3 Å². The fraction of sp³-hybridized carbons (Fsp3) is 0.200. The van der Waals surface area contributed by atoms with E-state index in [0.717, 1.165) is 6.07 Å². The largest absolute Gasteiger partial charge is 0.397 e. The monoisotopic (exact) mass is 323 g/mol. The molecule has 0 aliphatic carbocycles. The predicted molar refractivity (Wildman–Crippen MR) is 73.6 cm³/mol. The zero-order valence-electron chi connectivity index (χ0n) is 9.83. The van der Waals surface area contributed by atoms with Gasteiger partial charge in [-0.2, -0.15) is 0 Å². The average molecular weight is 324 g/mol. The van der Waals surface area contributed by atoms with Crippen molar-refractivity contribution in [1.29, 1.82) is 0 Å². The smallest absolute Gasteiger partial charge is 0.204 e. The van der Waals surface area contributed by atoms with Crippen molar-refractivity contribution in [3.8, 4) is 0 Å². The van der Waals surface area contributed by atoms with E-state index in [4.69, 9.17) is 5.73 Å². The first kappa shape index (κ1) is 15.8. The molecule has 0 unspecified atom stereocenters. The summed E-state index contributed by atoms with van der Waals surface area (Å²) < 4.78 is 37.6. The van der Waals surface area contributed by atoms with Gasteiger partial charge in [0, 0.05) is 11.4 Å². The molecule has 2 rings (SSSR count). The van der Waals surface area contributed by atoms with Crippen molar-refractivity contribution in [3.05, 3.63) is 34.2 Å². The van der Waals surface area contributed by atoms with Gasteiger partial charge in [0.25, 0.3) is 0 Å². The minimum absolute atomic E-state index is 0. The van der Waals surface area contributed by atoms with Crippen LogP contribution < -0.4 is 5.73 Å². The molecule has 0 saturated carbocycles. The van der Waals surface area contributed by atoms with Gasteiger partial charge in [-0.15, -0.1) is 23.7 Å². The number of thiazole rings is 1. The number of rotatable bonds is 3. The lowest BCUT2D eigenvalue weighted by Crippen LogP contribution is -2.11. The maximum Gasteiger partial charge on any atom is 0.204 e. The summed E-state index contributed by atoms with van der Waals surface area (Å²) in [5, 5.41) is 1.02. The molecule has 2 aromatic rings. The first-order valence-corrected chi connectivity index (χ1v) is 7.52. The summed E-state index contributed by atoms with van der Waals surface area (Å²) >= 11 is 1.28. The molecule has 0 bridgehead atoms.